The predicted octanol–water partition coefficient (Wildman–Crippen LogP) is 4.00. The lowest BCUT2D eigenvalue weighted by molar-refractivity contribution is -0.133. The van der Waals surface area contributed by atoms with Crippen LogP contribution in [0.3, 0.4) is 0 Å². The van der Waals surface area contributed by atoms with Crippen molar-refractivity contribution in [3.05, 3.63) is 66.1 Å². The van der Waals surface area contributed by atoms with Crippen molar-refractivity contribution in [2.24, 2.45) is 11.8 Å². The van der Waals surface area contributed by atoms with Crippen LogP contribution in [0.15, 0.2) is 59.1 Å². The zero-order chi connectivity index (χ0) is 24.9. The number of benzene rings is 2. The molecule has 7 nitrogen and oxygen atoms in total. The third kappa shape index (κ3) is 5.54. The lowest BCUT2D eigenvalue weighted by atomic mass is 9.81. The van der Waals surface area contributed by atoms with Gasteiger partial charge in [-0.3, -0.25) is 4.79 Å². The molecule has 3 heterocycles. The number of aromatic nitrogens is 1. The van der Waals surface area contributed by atoms with Crippen molar-refractivity contribution in [3.63, 3.8) is 0 Å². The number of methoxy groups -OCH3 is 1. The van der Waals surface area contributed by atoms with Crippen molar-refractivity contribution in [1.29, 1.82) is 0 Å². The molecule has 2 unspecified atom stereocenters. The summed E-state index contributed by atoms with van der Waals surface area (Å²) >= 11 is 0. The molecule has 0 radical (unpaired) electrons. The van der Waals surface area contributed by atoms with Gasteiger partial charge in [-0.15, -0.1) is 0 Å². The second-order valence-electron chi connectivity index (χ2n) is 9.65. The fraction of sp³-hybridized carbons (Fsp3) is 0.429. The third-order valence-corrected chi connectivity index (χ3v) is 7.42. The second-order valence-corrected chi connectivity index (χ2v) is 9.65. The van der Waals surface area contributed by atoms with Gasteiger partial charge in [-0.25, -0.2) is 4.39 Å². The molecule has 1 aromatic heterocycles. The first-order valence-electron chi connectivity index (χ1n) is 12.7. The molecule has 190 valence electrons. The molecule has 2 aliphatic rings. The molecule has 0 spiro atoms. The highest BCUT2D eigenvalue weighted by Crippen LogP contribution is 2.31. The van der Waals surface area contributed by atoms with Crippen LogP contribution in [0.25, 0.3) is 11.3 Å². The topological polar surface area (TPSA) is 70.8 Å². The van der Waals surface area contributed by atoms with E-state index >= 15 is 0 Å². The molecule has 3 aromatic rings. The SMILES string of the molecule is COc1ccccc1N1CCN(C(=O)CC2CCNCC2Cc2cc(-c3ccc(F)cc3)on2)CC1. The van der Waals surface area contributed by atoms with Crippen LogP contribution < -0.4 is 15.0 Å². The minimum atomic E-state index is -0.277. The van der Waals surface area contributed by atoms with E-state index in [1.165, 1.54) is 12.1 Å². The Hall–Kier alpha value is -3.39. The largest absolute Gasteiger partial charge is 0.495 e. The molecule has 8 heteroatoms. The number of anilines is 1. The van der Waals surface area contributed by atoms with Crippen LogP contribution in [0, 0.1) is 17.7 Å². The van der Waals surface area contributed by atoms with E-state index in [0.717, 1.165) is 74.8 Å². The molecule has 2 aliphatic heterocycles. The summed E-state index contributed by atoms with van der Waals surface area (Å²) in [4.78, 5) is 17.5. The highest BCUT2D eigenvalue weighted by Gasteiger charge is 2.31. The van der Waals surface area contributed by atoms with Crippen molar-refractivity contribution in [3.8, 4) is 17.1 Å². The van der Waals surface area contributed by atoms with E-state index in [4.69, 9.17) is 9.26 Å². The fourth-order valence-electron chi connectivity index (χ4n) is 5.35. The Morgan fingerprint density at radius 1 is 1.11 bits per heavy atom. The number of carbonyl (C=O) groups is 1. The Bertz CT molecular complexity index is 1160. The molecule has 1 N–H and O–H groups in total. The van der Waals surface area contributed by atoms with Gasteiger partial charge in [0.2, 0.25) is 5.91 Å². The summed E-state index contributed by atoms with van der Waals surface area (Å²) in [5, 5.41) is 7.73. The maximum atomic E-state index is 13.2. The number of piperidine rings is 1. The van der Waals surface area contributed by atoms with Gasteiger partial charge in [-0.1, -0.05) is 17.3 Å². The van der Waals surface area contributed by atoms with Crippen LogP contribution in [0.4, 0.5) is 10.1 Å². The normalized spacial score (nSPS) is 20.4. The van der Waals surface area contributed by atoms with Crippen molar-refractivity contribution in [1.82, 2.24) is 15.4 Å². The quantitative estimate of drug-likeness (QED) is 0.538. The summed E-state index contributed by atoms with van der Waals surface area (Å²) in [5.41, 5.74) is 2.75. The standard InChI is InChI=1S/C28H33FN4O3/c1-35-26-5-3-2-4-25(26)32-12-14-33(15-13-32)28(34)17-21-10-11-30-19-22(21)16-24-18-27(36-31-24)20-6-8-23(29)9-7-20/h2-9,18,21-22,30H,10-17,19H2,1H3. The molecule has 36 heavy (non-hydrogen) atoms. The van der Waals surface area contributed by atoms with Crippen LogP contribution in [-0.4, -0.2) is 62.3 Å². The first kappa shape index (κ1) is 24.3. The van der Waals surface area contributed by atoms with Crippen molar-refractivity contribution in [2.45, 2.75) is 19.3 Å². The minimum absolute atomic E-state index is 0.235. The number of nitrogens with zero attached hydrogens (tertiary/aromatic N) is 3. The van der Waals surface area contributed by atoms with Crippen molar-refractivity contribution in [2.75, 3.05) is 51.3 Å². The molecule has 0 aliphatic carbocycles. The number of halogens is 1. The maximum Gasteiger partial charge on any atom is 0.222 e. The first-order valence-corrected chi connectivity index (χ1v) is 12.7. The summed E-state index contributed by atoms with van der Waals surface area (Å²) < 4.78 is 24.3. The number of carbonyl (C=O) groups excluding carboxylic acids is 1. The van der Waals surface area contributed by atoms with Gasteiger partial charge in [-0.2, -0.15) is 0 Å². The average Bonchev–Trinajstić information content (AvgIpc) is 3.38. The van der Waals surface area contributed by atoms with Crippen LogP contribution in [0.1, 0.15) is 18.5 Å². The van der Waals surface area contributed by atoms with Gasteiger partial charge < -0.3 is 24.4 Å². The lowest BCUT2D eigenvalue weighted by Crippen LogP contribution is -2.50. The van der Waals surface area contributed by atoms with Crippen molar-refractivity contribution >= 4 is 11.6 Å². The Morgan fingerprint density at radius 3 is 2.67 bits per heavy atom. The van der Waals surface area contributed by atoms with E-state index in [-0.39, 0.29) is 11.7 Å². The van der Waals surface area contributed by atoms with E-state index in [0.29, 0.717) is 24.0 Å². The van der Waals surface area contributed by atoms with Crippen LogP contribution in [0.2, 0.25) is 0 Å². The summed E-state index contributed by atoms with van der Waals surface area (Å²) in [6.07, 6.45) is 2.28. The first-order chi connectivity index (χ1) is 17.6. The van der Waals surface area contributed by atoms with E-state index < -0.39 is 0 Å². The van der Waals surface area contributed by atoms with E-state index in [1.54, 1.807) is 19.2 Å². The fourth-order valence-corrected chi connectivity index (χ4v) is 5.35. The average molecular weight is 493 g/mol. The second kappa shape index (κ2) is 11.1. The van der Waals surface area contributed by atoms with E-state index in [2.05, 4.69) is 21.4 Å². The summed E-state index contributed by atoms with van der Waals surface area (Å²) in [5.74, 6) is 2.07. The van der Waals surface area contributed by atoms with Gasteiger partial charge in [0.1, 0.15) is 11.6 Å². The van der Waals surface area contributed by atoms with Crippen LogP contribution in [-0.2, 0) is 11.2 Å². The molecule has 2 fully saturated rings. The number of piperazine rings is 1. The molecule has 5 rings (SSSR count). The Morgan fingerprint density at radius 2 is 1.89 bits per heavy atom. The zero-order valence-corrected chi connectivity index (χ0v) is 20.7. The molecule has 2 atom stereocenters. The summed E-state index contributed by atoms with van der Waals surface area (Å²) in [6, 6.07) is 16.2. The number of rotatable bonds is 7. The zero-order valence-electron chi connectivity index (χ0n) is 20.7. The van der Waals surface area contributed by atoms with E-state index in [9.17, 15) is 9.18 Å². The molecule has 2 aromatic carbocycles. The molecule has 0 saturated carbocycles. The Labute approximate surface area is 211 Å². The number of hydrogen-bond acceptors (Lipinski definition) is 6. The predicted molar refractivity (Wildman–Crippen MR) is 136 cm³/mol. The minimum Gasteiger partial charge on any atom is -0.495 e. The third-order valence-electron chi connectivity index (χ3n) is 7.42. The highest BCUT2D eigenvalue weighted by atomic mass is 19.1. The van der Waals surface area contributed by atoms with Gasteiger partial charge in [-0.05, 0) is 74.2 Å². The molecular formula is C28H33FN4O3. The van der Waals surface area contributed by atoms with Crippen molar-refractivity contribution < 1.29 is 18.4 Å². The number of amides is 1. The Kier molecular flexibility index (Phi) is 7.51. The number of hydrogen-bond donors (Lipinski definition) is 1. The van der Waals surface area contributed by atoms with Gasteiger partial charge in [0.15, 0.2) is 5.76 Å². The lowest BCUT2D eigenvalue weighted by Gasteiger charge is -2.38. The van der Waals surface area contributed by atoms with Crippen LogP contribution >= 0.6 is 0 Å². The number of para-hydroxylation sites is 2. The Balaban J connectivity index is 1.17. The monoisotopic (exact) mass is 492 g/mol. The van der Waals surface area contributed by atoms with E-state index in [1.807, 2.05) is 29.2 Å². The van der Waals surface area contributed by atoms with Gasteiger partial charge in [0.05, 0.1) is 18.5 Å². The number of ether oxygens (including phenoxy) is 1. The molecular weight excluding hydrogens is 459 g/mol. The summed E-state index contributed by atoms with van der Waals surface area (Å²) in [6.45, 7) is 4.82. The summed E-state index contributed by atoms with van der Waals surface area (Å²) in [7, 11) is 1.69. The number of nitrogens with one attached hydrogen (secondary N) is 1. The molecule has 2 saturated heterocycles. The molecule has 1 amide bonds. The smallest absolute Gasteiger partial charge is 0.222 e. The maximum absolute atomic E-state index is 13.2. The van der Waals surface area contributed by atoms with Gasteiger partial charge in [0.25, 0.3) is 0 Å². The van der Waals surface area contributed by atoms with Gasteiger partial charge in [0, 0.05) is 44.2 Å². The highest BCUT2D eigenvalue weighted by molar-refractivity contribution is 5.77. The van der Waals surface area contributed by atoms with Gasteiger partial charge >= 0.3 is 0 Å². The molecule has 0 bridgehead atoms. The van der Waals surface area contributed by atoms with Crippen LogP contribution in [0.5, 0.6) is 5.75 Å².